The molecule has 0 radical (unpaired) electrons. The van der Waals surface area contributed by atoms with Crippen molar-refractivity contribution < 1.29 is 14.7 Å². The zero-order chi connectivity index (χ0) is 20.1. The van der Waals surface area contributed by atoms with Gasteiger partial charge in [-0.05, 0) is 65.6 Å². The van der Waals surface area contributed by atoms with Gasteiger partial charge < -0.3 is 10.4 Å². The van der Waals surface area contributed by atoms with Gasteiger partial charge >= 0.3 is 5.97 Å². The van der Waals surface area contributed by atoms with Crippen LogP contribution in [0.3, 0.4) is 0 Å². The van der Waals surface area contributed by atoms with E-state index in [-0.39, 0.29) is 12.3 Å². The molecule has 148 valence electrons. The van der Waals surface area contributed by atoms with Crippen molar-refractivity contribution >= 4 is 35.1 Å². The summed E-state index contributed by atoms with van der Waals surface area (Å²) in [7, 11) is 0. The number of ketones is 1. The fraction of sp³-hybridized carbons (Fsp3) is 0.364. The summed E-state index contributed by atoms with van der Waals surface area (Å²) in [6.45, 7) is 1.09. The van der Waals surface area contributed by atoms with Crippen molar-refractivity contribution in [2.45, 2.75) is 37.1 Å². The normalized spacial score (nSPS) is 13.5. The first-order valence-electron chi connectivity index (χ1n) is 9.39. The second-order valence-electron chi connectivity index (χ2n) is 7.06. The second kappa shape index (κ2) is 9.59. The molecule has 1 fully saturated rings. The maximum atomic E-state index is 11.9. The van der Waals surface area contributed by atoms with Crippen LogP contribution in [0.4, 0.5) is 0 Å². The topological polar surface area (TPSA) is 66.4 Å². The summed E-state index contributed by atoms with van der Waals surface area (Å²) < 4.78 is 0. The van der Waals surface area contributed by atoms with E-state index in [4.69, 9.17) is 11.6 Å². The Bertz CT molecular complexity index is 863. The maximum Gasteiger partial charge on any atom is 0.307 e. The fourth-order valence-electron chi connectivity index (χ4n) is 3.29. The van der Waals surface area contributed by atoms with Crippen molar-refractivity contribution in [1.82, 2.24) is 5.32 Å². The lowest BCUT2D eigenvalue weighted by atomic mass is 9.93. The lowest BCUT2D eigenvalue weighted by Gasteiger charge is -2.16. The Labute approximate surface area is 174 Å². The summed E-state index contributed by atoms with van der Waals surface area (Å²) in [4.78, 5) is 24.4. The Morgan fingerprint density at radius 3 is 2.54 bits per heavy atom. The zero-order valence-electron chi connectivity index (χ0n) is 15.8. The molecule has 28 heavy (non-hydrogen) atoms. The number of Topliss-reactive ketones (excluding diaryl/α,β-unsaturated/α-hetero) is 1. The van der Waals surface area contributed by atoms with E-state index in [1.807, 2.05) is 36.6 Å². The molecule has 2 aromatic rings. The number of carbonyl (C=O) groups is 2. The van der Waals surface area contributed by atoms with Crippen molar-refractivity contribution in [1.29, 1.82) is 0 Å². The van der Waals surface area contributed by atoms with E-state index in [1.165, 1.54) is 0 Å². The van der Waals surface area contributed by atoms with Crippen LogP contribution in [0.2, 0.25) is 5.02 Å². The average Bonchev–Trinajstić information content (AvgIpc) is 3.51. The summed E-state index contributed by atoms with van der Waals surface area (Å²) in [6.07, 6.45) is 4.50. The number of halogens is 1. The highest BCUT2D eigenvalue weighted by atomic mass is 35.5. The Kier molecular flexibility index (Phi) is 7.16. The molecule has 0 aromatic heterocycles. The molecule has 3 rings (SSSR count). The van der Waals surface area contributed by atoms with Gasteiger partial charge in [-0.15, -0.1) is 11.8 Å². The first-order valence-corrected chi connectivity index (χ1v) is 11.0. The van der Waals surface area contributed by atoms with E-state index in [0.29, 0.717) is 35.9 Å². The number of aliphatic carboxylic acids is 1. The number of thioether (sulfide) groups is 1. The molecule has 0 spiro atoms. The van der Waals surface area contributed by atoms with E-state index in [9.17, 15) is 14.7 Å². The Balaban J connectivity index is 1.84. The molecule has 6 heteroatoms. The molecule has 1 aliphatic carbocycles. The molecule has 0 bridgehead atoms. The van der Waals surface area contributed by atoms with Crippen LogP contribution in [-0.2, 0) is 22.6 Å². The van der Waals surface area contributed by atoms with Gasteiger partial charge in [-0.1, -0.05) is 23.7 Å². The summed E-state index contributed by atoms with van der Waals surface area (Å²) in [6, 6.07) is 11.8. The van der Waals surface area contributed by atoms with Crippen molar-refractivity contribution in [2.75, 3.05) is 12.8 Å². The number of hydrogen-bond donors (Lipinski definition) is 2. The minimum Gasteiger partial charge on any atom is -0.481 e. The second-order valence-corrected chi connectivity index (χ2v) is 8.37. The van der Waals surface area contributed by atoms with Crippen LogP contribution in [0, 0.1) is 5.92 Å². The van der Waals surface area contributed by atoms with Crippen molar-refractivity contribution in [2.24, 2.45) is 5.92 Å². The molecule has 0 atom stereocenters. The number of hydrogen-bond acceptors (Lipinski definition) is 4. The van der Waals surface area contributed by atoms with Gasteiger partial charge in [-0.3, -0.25) is 9.59 Å². The third kappa shape index (κ3) is 5.60. The molecule has 4 nitrogen and oxygen atoms in total. The molecule has 2 N–H and O–H groups in total. The van der Waals surface area contributed by atoms with E-state index in [1.54, 1.807) is 17.8 Å². The van der Waals surface area contributed by atoms with Gasteiger partial charge in [0.15, 0.2) is 0 Å². The summed E-state index contributed by atoms with van der Waals surface area (Å²) in [5, 5.41) is 13.2. The molecule has 0 aliphatic heterocycles. The SMILES string of the molecule is CSc1ccc(-c2cc(Cl)cc(CC(=O)O)c2CNCCC(=O)C2CC2)cc1. The van der Waals surface area contributed by atoms with E-state index in [0.717, 1.165) is 34.4 Å². The zero-order valence-corrected chi connectivity index (χ0v) is 17.4. The Morgan fingerprint density at radius 2 is 1.93 bits per heavy atom. The number of rotatable bonds is 10. The van der Waals surface area contributed by atoms with Crippen LogP contribution in [0.15, 0.2) is 41.3 Å². The molecule has 0 unspecified atom stereocenters. The van der Waals surface area contributed by atoms with Gasteiger partial charge in [-0.25, -0.2) is 0 Å². The fourth-order valence-corrected chi connectivity index (χ4v) is 3.93. The Morgan fingerprint density at radius 1 is 1.21 bits per heavy atom. The predicted octanol–water partition coefficient (Wildman–Crippen LogP) is 4.81. The minimum atomic E-state index is -0.892. The van der Waals surface area contributed by atoms with Crippen molar-refractivity contribution in [3.05, 3.63) is 52.5 Å². The lowest BCUT2D eigenvalue weighted by molar-refractivity contribution is -0.136. The molecule has 0 heterocycles. The molecular formula is C22H24ClNO3S. The van der Waals surface area contributed by atoms with Crippen LogP contribution >= 0.6 is 23.4 Å². The number of nitrogens with one attached hydrogen (secondary N) is 1. The van der Waals surface area contributed by atoms with Crippen LogP contribution in [0.1, 0.15) is 30.4 Å². The van der Waals surface area contributed by atoms with Crippen molar-refractivity contribution in [3.8, 4) is 11.1 Å². The minimum absolute atomic E-state index is 0.0888. The lowest BCUT2D eigenvalue weighted by Crippen LogP contribution is -2.20. The van der Waals surface area contributed by atoms with Gasteiger partial charge in [0.2, 0.25) is 0 Å². The number of carboxylic acids is 1. The van der Waals surface area contributed by atoms with E-state index >= 15 is 0 Å². The molecule has 1 saturated carbocycles. The van der Waals surface area contributed by atoms with Gasteiger partial charge in [0.05, 0.1) is 6.42 Å². The van der Waals surface area contributed by atoms with Gasteiger partial charge in [0.1, 0.15) is 5.78 Å². The third-order valence-electron chi connectivity index (χ3n) is 4.93. The van der Waals surface area contributed by atoms with Crippen LogP contribution in [0.25, 0.3) is 11.1 Å². The standard InChI is InChI=1S/C22H24ClNO3S/c1-28-18-6-4-14(5-7-18)19-12-17(23)10-16(11-22(26)27)20(19)13-24-9-8-21(25)15-2-3-15/h4-7,10,12,15,24H,2-3,8-9,11,13H2,1H3,(H,26,27). The largest absolute Gasteiger partial charge is 0.481 e. The number of carboxylic acid groups (broad SMARTS) is 1. The highest BCUT2D eigenvalue weighted by molar-refractivity contribution is 7.98. The third-order valence-corrected chi connectivity index (χ3v) is 5.89. The highest BCUT2D eigenvalue weighted by Gasteiger charge is 2.28. The van der Waals surface area contributed by atoms with Gasteiger partial charge in [-0.2, -0.15) is 0 Å². The first kappa shape index (κ1) is 20.9. The molecule has 0 amide bonds. The number of carbonyl (C=O) groups excluding carboxylic acids is 1. The molecule has 2 aromatic carbocycles. The monoisotopic (exact) mass is 417 g/mol. The maximum absolute atomic E-state index is 11.9. The summed E-state index contributed by atoms with van der Waals surface area (Å²) in [5.74, 6) is -0.302. The van der Waals surface area contributed by atoms with E-state index < -0.39 is 5.97 Å². The van der Waals surface area contributed by atoms with Crippen LogP contribution in [0.5, 0.6) is 0 Å². The average molecular weight is 418 g/mol. The van der Waals surface area contributed by atoms with Crippen molar-refractivity contribution in [3.63, 3.8) is 0 Å². The van der Waals surface area contributed by atoms with E-state index in [2.05, 4.69) is 5.32 Å². The predicted molar refractivity (Wildman–Crippen MR) is 114 cm³/mol. The quantitative estimate of drug-likeness (QED) is 0.428. The smallest absolute Gasteiger partial charge is 0.307 e. The van der Waals surface area contributed by atoms with Gasteiger partial charge in [0.25, 0.3) is 0 Å². The van der Waals surface area contributed by atoms with Gasteiger partial charge in [0, 0.05) is 35.3 Å². The number of benzene rings is 2. The summed E-state index contributed by atoms with van der Waals surface area (Å²) >= 11 is 7.97. The highest BCUT2D eigenvalue weighted by Crippen LogP contribution is 2.32. The molecular weight excluding hydrogens is 394 g/mol. The van der Waals surface area contributed by atoms with Crippen LogP contribution < -0.4 is 5.32 Å². The Hall–Kier alpha value is -1.82. The summed E-state index contributed by atoms with van der Waals surface area (Å²) in [5.41, 5.74) is 3.54. The molecule has 1 aliphatic rings. The first-order chi connectivity index (χ1) is 13.5. The molecule has 0 saturated heterocycles. The van der Waals surface area contributed by atoms with Crippen LogP contribution in [-0.4, -0.2) is 29.7 Å².